The second-order valence-electron chi connectivity index (χ2n) is 4.34. The molecule has 0 saturated carbocycles. The van der Waals surface area contributed by atoms with Crippen LogP contribution >= 0.6 is 0 Å². The standard InChI is InChI=1S/C11H18N4O2/c1-8-14-11(17-15-8)7-13-10(16)5-4-9-3-2-6-12-9/h9,12H,2-7H2,1H3,(H,13,16). The number of nitrogens with zero attached hydrogens (tertiary/aromatic N) is 2. The number of hydrogen-bond donors (Lipinski definition) is 2. The van der Waals surface area contributed by atoms with Gasteiger partial charge in [-0.1, -0.05) is 5.16 Å². The Bertz CT molecular complexity index is 371. The fourth-order valence-electron chi connectivity index (χ4n) is 1.98. The molecule has 2 N–H and O–H groups in total. The molecule has 1 amide bonds. The number of hydrogen-bond acceptors (Lipinski definition) is 5. The van der Waals surface area contributed by atoms with Crippen molar-refractivity contribution in [1.29, 1.82) is 0 Å². The first-order valence-corrected chi connectivity index (χ1v) is 6.03. The highest BCUT2D eigenvalue weighted by atomic mass is 16.5. The van der Waals surface area contributed by atoms with Crippen LogP contribution in [0.15, 0.2) is 4.52 Å². The lowest BCUT2D eigenvalue weighted by Gasteiger charge is -2.08. The van der Waals surface area contributed by atoms with E-state index in [4.69, 9.17) is 4.52 Å². The molecule has 2 rings (SSSR count). The molecule has 6 nitrogen and oxygen atoms in total. The van der Waals surface area contributed by atoms with Gasteiger partial charge in [-0.3, -0.25) is 4.79 Å². The van der Waals surface area contributed by atoms with E-state index in [1.165, 1.54) is 12.8 Å². The van der Waals surface area contributed by atoms with E-state index in [1.54, 1.807) is 6.92 Å². The van der Waals surface area contributed by atoms with Gasteiger partial charge in [0.15, 0.2) is 5.82 Å². The van der Waals surface area contributed by atoms with Crippen molar-refractivity contribution in [3.05, 3.63) is 11.7 Å². The number of amides is 1. The van der Waals surface area contributed by atoms with Crippen LogP contribution in [0.1, 0.15) is 37.4 Å². The minimum atomic E-state index is 0.0366. The third-order valence-electron chi connectivity index (χ3n) is 2.89. The molecule has 0 bridgehead atoms. The van der Waals surface area contributed by atoms with Gasteiger partial charge in [-0.2, -0.15) is 4.98 Å². The van der Waals surface area contributed by atoms with E-state index in [-0.39, 0.29) is 5.91 Å². The van der Waals surface area contributed by atoms with E-state index in [0.717, 1.165) is 13.0 Å². The van der Waals surface area contributed by atoms with Crippen molar-refractivity contribution in [2.24, 2.45) is 0 Å². The van der Waals surface area contributed by atoms with Gasteiger partial charge >= 0.3 is 0 Å². The molecule has 0 aromatic carbocycles. The lowest BCUT2D eigenvalue weighted by Crippen LogP contribution is -2.27. The Morgan fingerprint density at radius 2 is 2.53 bits per heavy atom. The van der Waals surface area contributed by atoms with Gasteiger partial charge in [0.05, 0.1) is 6.54 Å². The fraction of sp³-hybridized carbons (Fsp3) is 0.727. The Hall–Kier alpha value is -1.43. The molecule has 1 atom stereocenters. The maximum absolute atomic E-state index is 11.6. The van der Waals surface area contributed by atoms with Crippen LogP contribution in [0, 0.1) is 6.92 Å². The molecule has 1 aliphatic rings. The number of carbonyl (C=O) groups excluding carboxylic acids is 1. The molecule has 0 aliphatic carbocycles. The topological polar surface area (TPSA) is 80.0 Å². The van der Waals surface area contributed by atoms with Crippen molar-refractivity contribution in [3.63, 3.8) is 0 Å². The SMILES string of the molecule is Cc1noc(CNC(=O)CCC2CCCN2)n1. The highest BCUT2D eigenvalue weighted by Crippen LogP contribution is 2.10. The van der Waals surface area contributed by atoms with Crippen molar-refractivity contribution in [3.8, 4) is 0 Å². The molecule has 1 aromatic rings. The first-order chi connectivity index (χ1) is 8.24. The van der Waals surface area contributed by atoms with Gasteiger partial charge in [-0.05, 0) is 32.7 Å². The Morgan fingerprint density at radius 1 is 1.65 bits per heavy atom. The van der Waals surface area contributed by atoms with Gasteiger partial charge < -0.3 is 15.2 Å². The summed E-state index contributed by atoms with van der Waals surface area (Å²) in [4.78, 5) is 15.6. The number of aromatic nitrogens is 2. The van der Waals surface area contributed by atoms with E-state index < -0.39 is 0 Å². The van der Waals surface area contributed by atoms with E-state index in [0.29, 0.717) is 30.7 Å². The molecule has 6 heteroatoms. The maximum Gasteiger partial charge on any atom is 0.246 e. The van der Waals surface area contributed by atoms with Gasteiger partial charge in [-0.15, -0.1) is 0 Å². The number of nitrogens with one attached hydrogen (secondary N) is 2. The summed E-state index contributed by atoms with van der Waals surface area (Å²) in [6.07, 6.45) is 3.84. The van der Waals surface area contributed by atoms with Crippen molar-refractivity contribution >= 4 is 5.91 Å². The Balaban J connectivity index is 1.63. The maximum atomic E-state index is 11.6. The highest BCUT2D eigenvalue weighted by molar-refractivity contribution is 5.75. The van der Waals surface area contributed by atoms with Crippen molar-refractivity contribution in [2.75, 3.05) is 6.54 Å². The molecule has 1 fully saturated rings. The first kappa shape index (κ1) is 12.0. The van der Waals surface area contributed by atoms with Crippen LogP contribution in [-0.4, -0.2) is 28.6 Å². The molecule has 1 saturated heterocycles. The quantitative estimate of drug-likeness (QED) is 0.782. The zero-order valence-corrected chi connectivity index (χ0v) is 10.0. The minimum absolute atomic E-state index is 0.0366. The predicted octanol–water partition coefficient (Wildman–Crippen LogP) is 0.526. The van der Waals surface area contributed by atoms with E-state index in [1.807, 2.05) is 0 Å². The van der Waals surface area contributed by atoms with E-state index in [2.05, 4.69) is 20.8 Å². The van der Waals surface area contributed by atoms with Crippen molar-refractivity contribution in [1.82, 2.24) is 20.8 Å². The van der Waals surface area contributed by atoms with Gasteiger partial charge in [0.2, 0.25) is 11.8 Å². The lowest BCUT2D eigenvalue weighted by molar-refractivity contribution is -0.121. The Kier molecular flexibility index (Phi) is 4.08. The average molecular weight is 238 g/mol. The molecule has 1 aliphatic heterocycles. The van der Waals surface area contributed by atoms with Crippen LogP contribution in [0.3, 0.4) is 0 Å². The van der Waals surface area contributed by atoms with Crippen molar-refractivity contribution in [2.45, 2.75) is 45.2 Å². The highest BCUT2D eigenvalue weighted by Gasteiger charge is 2.15. The molecular weight excluding hydrogens is 220 g/mol. The van der Waals surface area contributed by atoms with Crippen LogP contribution in [0.4, 0.5) is 0 Å². The fourth-order valence-corrected chi connectivity index (χ4v) is 1.98. The lowest BCUT2D eigenvalue weighted by atomic mass is 10.1. The molecular formula is C11H18N4O2. The average Bonchev–Trinajstić information content (AvgIpc) is 2.95. The van der Waals surface area contributed by atoms with Crippen LogP contribution in [0.2, 0.25) is 0 Å². The summed E-state index contributed by atoms with van der Waals surface area (Å²) < 4.78 is 4.90. The molecule has 1 unspecified atom stereocenters. The van der Waals surface area contributed by atoms with Crippen LogP contribution in [-0.2, 0) is 11.3 Å². The summed E-state index contributed by atoms with van der Waals surface area (Å²) in [7, 11) is 0. The number of rotatable bonds is 5. The van der Waals surface area contributed by atoms with Gasteiger partial charge in [0, 0.05) is 12.5 Å². The summed E-state index contributed by atoms with van der Waals surface area (Å²) in [6, 6.07) is 0.506. The third-order valence-corrected chi connectivity index (χ3v) is 2.89. The molecule has 0 radical (unpaired) electrons. The Labute approximate surface area is 100 Å². The van der Waals surface area contributed by atoms with Gasteiger partial charge in [0.25, 0.3) is 0 Å². The monoisotopic (exact) mass is 238 g/mol. The van der Waals surface area contributed by atoms with Crippen molar-refractivity contribution < 1.29 is 9.32 Å². The zero-order valence-electron chi connectivity index (χ0n) is 10.0. The summed E-state index contributed by atoms with van der Waals surface area (Å²) in [5.74, 6) is 1.08. The van der Waals surface area contributed by atoms with E-state index >= 15 is 0 Å². The largest absolute Gasteiger partial charge is 0.347 e. The molecule has 94 valence electrons. The van der Waals surface area contributed by atoms with E-state index in [9.17, 15) is 4.79 Å². The second kappa shape index (κ2) is 5.77. The molecule has 17 heavy (non-hydrogen) atoms. The van der Waals surface area contributed by atoms with Gasteiger partial charge in [0.1, 0.15) is 0 Å². The normalized spacial score (nSPS) is 19.5. The smallest absolute Gasteiger partial charge is 0.246 e. The summed E-state index contributed by atoms with van der Waals surface area (Å²) >= 11 is 0. The van der Waals surface area contributed by atoms with Gasteiger partial charge in [-0.25, -0.2) is 0 Å². The van der Waals surface area contributed by atoms with Crippen LogP contribution in [0.5, 0.6) is 0 Å². The molecule has 1 aromatic heterocycles. The summed E-state index contributed by atoms with van der Waals surface area (Å²) in [5, 5.41) is 9.80. The Morgan fingerprint density at radius 3 is 3.18 bits per heavy atom. The zero-order chi connectivity index (χ0) is 12.1. The molecule has 2 heterocycles. The number of carbonyl (C=O) groups is 1. The summed E-state index contributed by atoms with van der Waals surface area (Å²) in [5.41, 5.74) is 0. The molecule has 0 spiro atoms. The minimum Gasteiger partial charge on any atom is -0.347 e. The predicted molar refractivity (Wildman–Crippen MR) is 61.1 cm³/mol. The number of aryl methyl sites for hydroxylation is 1. The third kappa shape index (κ3) is 3.81. The first-order valence-electron chi connectivity index (χ1n) is 6.03. The van der Waals surface area contributed by atoms with Crippen LogP contribution < -0.4 is 10.6 Å². The van der Waals surface area contributed by atoms with Crippen LogP contribution in [0.25, 0.3) is 0 Å². The summed E-state index contributed by atoms with van der Waals surface area (Å²) in [6.45, 7) is 3.14. The second-order valence-corrected chi connectivity index (χ2v) is 4.34.